The van der Waals surface area contributed by atoms with Crippen LogP contribution in [0.4, 0.5) is 14.5 Å². The quantitative estimate of drug-likeness (QED) is 0.683. The minimum Gasteiger partial charge on any atom is -0.366 e. The summed E-state index contributed by atoms with van der Waals surface area (Å²) in [6, 6.07) is 7.65. The molecule has 3 rings (SSSR count). The van der Waals surface area contributed by atoms with Gasteiger partial charge in [0.2, 0.25) is 0 Å². The van der Waals surface area contributed by atoms with Crippen molar-refractivity contribution in [1.29, 1.82) is 0 Å². The molecule has 1 aliphatic heterocycles. The van der Waals surface area contributed by atoms with Gasteiger partial charge in [0.25, 0.3) is 0 Å². The van der Waals surface area contributed by atoms with Gasteiger partial charge >= 0.3 is 0 Å². The van der Waals surface area contributed by atoms with Gasteiger partial charge in [0.15, 0.2) is 5.96 Å². The smallest absolute Gasteiger partial charge is 0.194 e. The van der Waals surface area contributed by atoms with E-state index in [2.05, 4.69) is 25.8 Å². The lowest BCUT2D eigenvalue weighted by molar-refractivity contribution is 0.370. The number of aromatic nitrogens is 1. The Hall–Kier alpha value is -2.57. The molecule has 0 unspecified atom stereocenters. The highest BCUT2D eigenvalue weighted by Gasteiger charge is 2.22. The Morgan fingerprint density at radius 2 is 1.92 bits per heavy atom. The Labute approximate surface area is 146 Å². The van der Waals surface area contributed by atoms with Gasteiger partial charge in [-0.2, -0.15) is 0 Å². The summed E-state index contributed by atoms with van der Waals surface area (Å²) in [5.41, 5.74) is 1.49. The number of guanidine groups is 1. The van der Waals surface area contributed by atoms with E-state index in [0.717, 1.165) is 12.0 Å². The maximum Gasteiger partial charge on any atom is 0.194 e. The molecule has 25 heavy (non-hydrogen) atoms. The third-order valence-corrected chi connectivity index (χ3v) is 4.52. The third-order valence-electron chi connectivity index (χ3n) is 4.52. The average Bonchev–Trinajstić information content (AvgIpc) is 3.03. The van der Waals surface area contributed by atoms with Crippen molar-refractivity contribution in [3.05, 3.63) is 53.9 Å². The molecule has 0 amide bonds. The van der Waals surface area contributed by atoms with E-state index in [1.807, 2.05) is 24.2 Å². The van der Waals surface area contributed by atoms with Crippen LogP contribution in [0.1, 0.15) is 5.69 Å². The number of hydrogen-bond donors (Lipinski definition) is 1. The normalized spacial score (nSPS) is 15.6. The van der Waals surface area contributed by atoms with Gasteiger partial charge in [-0.1, -0.05) is 0 Å². The van der Waals surface area contributed by atoms with Crippen LogP contribution < -0.4 is 10.2 Å². The van der Waals surface area contributed by atoms with E-state index in [1.165, 1.54) is 17.8 Å². The first-order valence-electron chi connectivity index (χ1n) is 8.34. The summed E-state index contributed by atoms with van der Waals surface area (Å²) in [5, 5.41) is 3.36. The number of piperazine rings is 1. The number of halogens is 2. The van der Waals surface area contributed by atoms with E-state index in [-0.39, 0.29) is 5.82 Å². The molecule has 2 heterocycles. The zero-order valence-corrected chi connectivity index (χ0v) is 14.5. The fourth-order valence-electron chi connectivity index (χ4n) is 3.07. The second-order valence-electron chi connectivity index (χ2n) is 6.08. The Morgan fingerprint density at radius 1 is 1.16 bits per heavy atom. The number of aliphatic imine (C=N–C) groups is 1. The van der Waals surface area contributed by atoms with E-state index in [9.17, 15) is 8.78 Å². The SMILES string of the molecule is CN=C(NCc1cccn1C)N1CCN(c2cc(F)ccc2F)CC1. The second-order valence-corrected chi connectivity index (χ2v) is 6.08. The molecule has 1 aliphatic rings. The molecule has 1 saturated heterocycles. The summed E-state index contributed by atoms with van der Waals surface area (Å²) in [4.78, 5) is 8.35. The zero-order valence-electron chi connectivity index (χ0n) is 14.5. The molecule has 0 aliphatic carbocycles. The van der Waals surface area contributed by atoms with Crippen molar-refractivity contribution in [1.82, 2.24) is 14.8 Å². The van der Waals surface area contributed by atoms with Gasteiger partial charge in [-0.25, -0.2) is 8.78 Å². The van der Waals surface area contributed by atoms with Crippen molar-refractivity contribution in [2.45, 2.75) is 6.54 Å². The van der Waals surface area contributed by atoms with Crippen molar-refractivity contribution >= 4 is 11.6 Å². The molecule has 0 spiro atoms. The van der Waals surface area contributed by atoms with Crippen LogP contribution in [-0.4, -0.2) is 48.7 Å². The van der Waals surface area contributed by atoms with Crippen LogP contribution in [0.2, 0.25) is 0 Å². The van der Waals surface area contributed by atoms with Crippen LogP contribution in [0.25, 0.3) is 0 Å². The Bertz CT molecular complexity index is 748. The summed E-state index contributed by atoms with van der Waals surface area (Å²) >= 11 is 0. The second kappa shape index (κ2) is 7.55. The van der Waals surface area contributed by atoms with Crippen molar-refractivity contribution in [2.75, 3.05) is 38.1 Å². The first-order chi connectivity index (χ1) is 12.1. The lowest BCUT2D eigenvalue weighted by Gasteiger charge is -2.37. The van der Waals surface area contributed by atoms with E-state index >= 15 is 0 Å². The molecule has 0 atom stereocenters. The van der Waals surface area contributed by atoms with Gasteiger partial charge in [-0.15, -0.1) is 0 Å². The van der Waals surface area contributed by atoms with Gasteiger partial charge in [-0.3, -0.25) is 4.99 Å². The lowest BCUT2D eigenvalue weighted by atomic mass is 10.2. The van der Waals surface area contributed by atoms with Crippen LogP contribution in [0.5, 0.6) is 0 Å². The molecule has 1 aromatic carbocycles. The third kappa shape index (κ3) is 3.92. The predicted octanol–water partition coefficient (Wildman–Crippen LogP) is 2.20. The van der Waals surface area contributed by atoms with Crippen LogP contribution >= 0.6 is 0 Å². The molecular weight excluding hydrogens is 324 g/mol. The lowest BCUT2D eigenvalue weighted by Crippen LogP contribution is -2.52. The standard InChI is InChI=1S/C18H23F2N5/c1-21-18(22-13-15-4-3-7-23(15)2)25-10-8-24(9-11-25)17-12-14(19)5-6-16(17)20/h3-7,12H,8-11,13H2,1-2H3,(H,21,22). The largest absolute Gasteiger partial charge is 0.366 e. The molecule has 5 nitrogen and oxygen atoms in total. The molecule has 1 fully saturated rings. The van der Waals surface area contributed by atoms with Crippen molar-refractivity contribution < 1.29 is 8.78 Å². The molecule has 7 heteroatoms. The average molecular weight is 347 g/mol. The molecule has 134 valence electrons. The highest BCUT2D eigenvalue weighted by molar-refractivity contribution is 5.80. The van der Waals surface area contributed by atoms with Crippen LogP contribution in [0, 0.1) is 11.6 Å². The molecule has 2 aromatic rings. The maximum atomic E-state index is 13.9. The molecular formula is C18H23F2N5. The minimum absolute atomic E-state index is 0.325. The summed E-state index contributed by atoms with van der Waals surface area (Å²) in [6.07, 6.45) is 2.01. The van der Waals surface area contributed by atoms with Crippen molar-refractivity contribution in [3.63, 3.8) is 0 Å². The summed E-state index contributed by atoms with van der Waals surface area (Å²) < 4.78 is 29.4. The number of anilines is 1. The maximum absolute atomic E-state index is 13.9. The number of nitrogens with zero attached hydrogens (tertiary/aromatic N) is 4. The summed E-state index contributed by atoms with van der Waals surface area (Å²) in [5.74, 6) is 0.0144. The highest BCUT2D eigenvalue weighted by atomic mass is 19.1. The number of benzene rings is 1. The fourth-order valence-corrected chi connectivity index (χ4v) is 3.07. The molecule has 0 radical (unpaired) electrons. The summed E-state index contributed by atoms with van der Waals surface area (Å²) in [6.45, 7) is 3.32. The monoisotopic (exact) mass is 347 g/mol. The fraction of sp³-hybridized carbons (Fsp3) is 0.389. The minimum atomic E-state index is -0.418. The van der Waals surface area contributed by atoms with E-state index < -0.39 is 5.82 Å². The summed E-state index contributed by atoms with van der Waals surface area (Å²) in [7, 11) is 3.76. The van der Waals surface area contributed by atoms with Crippen LogP contribution in [0.3, 0.4) is 0 Å². The van der Waals surface area contributed by atoms with Gasteiger partial charge < -0.3 is 19.7 Å². The first-order valence-corrected chi connectivity index (χ1v) is 8.34. The molecule has 0 bridgehead atoms. The highest BCUT2D eigenvalue weighted by Crippen LogP contribution is 2.21. The number of nitrogens with one attached hydrogen (secondary N) is 1. The number of aryl methyl sites for hydroxylation is 1. The number of rotatable bonds is 3. The van der Waals surface area contributed by atoms with Crippen LogP contribution in [0.15, 0.2) is 41.5 Å². The van der Waals surface area contributed by atoms with Gasteiger partial charge in [0.05, 0.1) is 12.2 Å². The van der Waals surface area contributed by atoms with E-state index in [0.29, 0.717) is 38.4 Å². The van der Waals surface area contributed by atoms with Crippen molar-refractivity contribution in [2.24, 2.45) is 12.0 Å². The topological polar surface area (TPSA) is 35.8 Å². The molecule has 0 saturated carbocycles. The van der Waals surface area contributed by atoms with E-state index in [1.54, 1.807) is 7.05 Å². The molecule has 1 aromatic heterocycles. The van der Waals surface area contributed by atoms with Gasteiger partial charge in [0.1, 0.15) is 11.6 Å². The molecule has 1 N–H and O–H groups in total. The van der Waals surface area contributed by atoms with Gasteiger partial charge in [-0.05, 0) is 24.3 Å². The van der Waals surface area contributed by atoms with Crippen molar-refractivity contribution in [3.8, 4) is 0 Å². The first kappa shape index (κ1) is 17.3. The van der Waals surface area contributed by atoms with Gasteiger partial charge in [0, 0.05) is 58.2 Å². The van der Waals surface area contributed by atoms with Crippen LogP contribution in [-0.2, 0) is 13.6 Å². The zero-order chi connectivity index (χ0) is 17.8. The Morgan fingerprint density at radius 3 is 2.56 bits per heavy atom. The Balaban J connectivity index is 1.59. The Kier molecular flexibility index (Phi) is 5.21. The number of hydrogen-bond acceptors (Lipinski definition) is 2. The van der Waals surface area contributed by atoms with E-state index in [4.69, 9.17) is 0 Å². The predicted molar refractivity (Wildman–Crippen MR) is 95.8 cm³/mol.